The molecule has 6 heteroatoms. The Morgan fingerprint density at radius 2 is 2.08 bits per heavy atom. The summed E-state index contributed by atoms with van der Waals surface area (Å²) in [4.78, 5) is 26.5. The number of allylic oxidation sites excluding steroid dienone is 1. The molecule has 1 unspecified atom stereocenters. The summed E-state index contributed by atoms with van der Waals surface area (Å²) in [5, 5.41) is 2.93. The van der Waals surface area contributed by atoms with E-state index in [0.717, 1.165) is 32.4 Å². The highest BCUT2D eigenvalue weighted by molar-refractivity contribution is 5.77. The van der Waals surface area contributed by atoms with Crippen LogP contribution in [0.1, 0.15) is 47.0 Å². The molecule has 0 bridgehead atoms. The molecule has 1 fully saturated rings. The molecule has 0 saturated carbocycles. The molecule has 1 aliphatic rings. The molecular weight excluding hydrogens is 332 g/mol. The van der Waals surface area contributed by atoms with Gasteiger partial charge >= 0.3 is 5.97 Å². The minimum Gasteiger partial charge on any atom is -0.462 e. The lowest BCUT2D eigenvalue weighted by Crippen LogP contribution is -2.43. The molecule has 1 amide bonds. The van der Waals surface area contributed by atoms with Crippen LogP contribution in [-0.4, -0.2) is 62.3 Å². The first-order valence-electron chi connectivity index (χ1n) is 9.74. The van der Waals surface area contributed by atoms with Gasteiger partial charge in [0.05, 0.1) is 6.10 Å². The van der Waals surface area contributed by atoms with Gasteiger partial charge in [-0.1, -0.05) is 25.5 Å². The molecule has 0 aliphatic carbocycles. The second-order valence-electron chi connectivity index (χ2n) is 7.37. The highest BCUT2D eigenvalue weighted by Crippen LogP contribution is 2.27. The Labute approximate surface area is 158 Å². The molecule has 1 N–H and O–H groups in total. The summed E-state index contributed by atoms with van der Waals surface area (Å²) in [6.07, 6.45) is 6.95. The molecular formula is C20H36N2O4. The Balaban J connectivity index is 2.73. The highest BCUT2D eigenvalue weighted by atomic mass is 16.5. The van der Waals surface area contributed by atoms with E-state index in [1.54, 1.807) is 0 Å². The molecule has 1 aliphatic heterocycles. The summed E-state index contributed by atoms with van der Waals surface area (Å²) in [6, 6.07) is -0.201. The number of nitrogens with one attached hydrogen (secondary N) is 1. The molecule has 6 nitrogen and oxygen atoms in total. The quantitative estimate of drug-likeness (QED) is 0.448. The third-order valence-electron chi connectivity index (χ3n) is 4.58. The number of amides is 1. The smallest absolute Gasteiger partial charge is 0.323 e. The Hall–Kier alpha value is -1.40. The number of hydrogen-bond acceptors (Lipinski definition) is 5. The van der Waals surface area contributed by atoms with Gasteiger partial charge in [-0.05, 0) is 45.4 Å². The van der Waals surface area contributed by atoms with Crippen LogP contribution in [0.3, 0.4) is 0 Å². The molecule has 0 aromatic heterocycles. The van der Waals surface area contributed by atoms with Gasteiger partial charge in [-0.2, -0.15) is 0 Å². The van der Waals surface area contributed by atoms with E-state index >= 15 is 0 Å². The third-order valence-corrected chi connectivity index (χ3v) is 4.58. The van der Waals surface area contributed by atoms with Crippen LogP contribution in [0, 0.1) is 11.8 Å². The van der Waals surface area contributed by atoms with Crippen molar-refractivity contribution in [2.45, 2.75) is 59.1 Å². The minimum absolute atomic E-state index is 0.0786. The fraction of sp³-hybridized carbons (Fsp3) is 0.800. The molecule has 0 aromatic rings. The van der Waals surface area contributed by atoms with E-state index in [-0.39, 0.29) is 30.6 Å². The van der Waals surface area contributed by atoms with Gasteiger partial charge in [0.15, 0.2) is 0 Å². The fourth-order valence-electron chi connectivity index (χ4n) is 3.55. The molecule has 0 radical (unpaired) electrons. The van der Waals surface area contributed by atoms with E-state index in [0.29, 0.717) is 18.4 Å². The van der Waals surface area contributed by atoms with Gasteiger partial charge in [-0.15, -0.1) is 0 Å². The van der Waals surface area contributed by atoms with Crippen molar-refractivity contribution < 1.29 is 19.1 Å². The number of methoxy groups -OCH3 is 1. The van der Waals surface area contributed by atoms with Crippen molar-refractivity contribution in [1.82, 2.24) is 10.2 Å². The number of carbonyl (C=O) groups is 2. The number of esters is 1. The first-order valence-corrected chi connectivity index (χ1v) is 9.74. The maximum Gasteiger partial charge on any atom is 0.323 e. The molecule has 1 rings (SSSR count). The van der Waals surface area contributed by atoms with Gasteiger partial charge in [0, 0.05) is 26.7 Å². The van der Waals surface area contributed by atoms with E-state index in [9.17, 15) is 9.59 Å². The first-order chi connectivity index (χ1) is 12.4. The predicted octanol–water partition coefficient (Wildman–Crippen LogP) is 2.38. The summed E-state index contributed by atoms with van der Waals surface area (Å²) in [5.41, 5.74) is 0. The van der Waals surface area contributed by atoms with Crippen molar-refractivity contribution in [3.05, 3.63) is 12.2 Å². The van der Waals surface area contributed by atoms with Crippen molar-refractivity contribution >= 4 is 11.9 Å². The molecule has 3 atom stereocenters. The topological polar surface area (TPSA) is 67.9 Å². The Bertz CT molecular complexity index is 465. The summed E-state index contributed by atoms with van der Waals surface area (Å²) < 4.78 is 10.3. The van der Waals surface area contributed by atoms with Crippen LogP contribution in [0.5, 0.6) is 0 Å². The number of likely N-dealkylation sites (tertiary alicyclic amines) is 1. The molecule has 1 heterocycles. The largest absolute Gasteiger partial charge is 0.462 e. The standard InChI is InChI=1S/C20H36N2O4/c1-6-8-16-10-18(20(24)26-15(3)4)22(12-16)13-17(9-7-2)11-21-19(23)14-25-5/h6,8,15-18H,7,9-14H2,1-5H3,(H,21,23)/t16-,17?,18-/m1/s1. The van der Waals surface area contributed by atoms with Crippen LogP contribution >= 0.6 is 0 Å². The number of nitrogens with zero attached hydrogens (tertiary/aromatic N) is 1. The Morgan fingerprint density at radius 1 is 1.35 bits per heavy atom. The van der Waals surface area contributed by atoms with Gasteiger partial charge in [-0.3, -0.25) is 14.5 Å². The summed E-state index contributed by atoms with van der Waals surface area (Å²) in [7, 11) is 1.51. The first kappa shape index (κ1) is 22.6. The van der Waals surface area contributed by atoms with Gasteiger partial charge < -0.3 is 14.8 Å². The highest BCUT2D eigenvalue weighted by Gasteiger charge is 2.37. The predicted molar refractivity (Wildman–Crippen MR) is 103 cm³/mol. The zero-order chi connectivity index (χ0) is 19.5. The van der Waals surface area contributed by atoms with E-state index < -0.39 is 0 Å². The average molecular weight is 369 g/mol. The SMILES string of the molecule is CC=C[C@@H]1C[C@H](C(=O)OC(C)C)N(CC(CCC)CNC(=O)COC)C1. The van der Waals surface area contributed by atoms with Crippen LogP contribution in [0.2, 0.25) is 0 Å². The zero-order valence-electron chi connectivity index (χ0n) is 17.0. The zero-order valence-corrected chi connectivity index (χ0v) is 17.0. The average Bonchev–Trinajstić information content (AvgIpc) is 2.95. The lowest BCUT2D eigenvalue weighted by molar-refractivity contribution is -0.153. The van der Waals surface area contributed by atoms with E-state index in [4.69, 9.17) is 9.47 Å². The monoisotopic (exact) mass is 368 g/mol. The third kappa shape index (κ3) is 7.87. The molecule has 0 spiro atoms. The summed E-state index contributed by atoms with van der Waals surface area (Å²) >= 11 is 0. The van der Waals surface area contributed by atoms with Crippen LogP contribution < -0.4 is 5.32 Å². The van der Waals surface area contributed by atoms with Gasteiger partial charge in [0.2, 0.25) is 5.91 Å². The number of hydrogen-bond donors (Lipinski definition) is 1. The lowest BCUT2D eigenvalue weighted by atomic mass is 10.0. The van der Waals surface area contributed by atoms with Crippen molar-refractivity contribution in [3.63, 3.8) is 0 Å². The normalized spacial score (nSPS) is 22.1. The molecule has 1 saturated heterocycles. The minimum atomic E-state index is -0.201. The van der Waals surface area contributed by atoms with Crippen LogP contribution in [0.4, 0.5) is 0 Å². The summed E-state index contributed by atoms with van der Waals surface area (Å²) in [5.74, 6) is 0.442. The number of carbonyl (C=O) groups excluding carboxylic acids is 2. The number of ether oxygens (including phenoxy) is 2. The van der Waals surface area contributed by atoms with Crippen molar-refractivity contribution in [2.75, 3.05) is 33.4 Å². The van der Waals surface area contributed by atoms with E-state index in [1.165, 1.54) is 7.11 Å². The van der Waals surface area contributed by atoms with Crippen molar-refractivity contribution in [1.29, 1.82) is 0 Å². The van der Waals surface area contributed by atoms with Crippen molar-refractivity contribution in [2.24, 2.45) is 11.8 Å². The van der Waals surface area contributed by atoms with E-state index in [2.05, 4.69) is 23.2 Å². The fourth-order valence-corrected chi connectivity index (χ4v) is 3.55. The van der Waals surface area contributed by atoms with Gasteiger partial charge in [0.1, 0.15) is 12.6 Å². The van der Waals surface area contributed by atoms with Gasteiger partial charge in [0.25, 0.3) is 0 Å². The lowest BCUT2D eigenvalue weighted by Gasteiger charge is -2.28. The maximum absolute atomic E-state index is 12.5. The second kappa shape index (κ2) is 12.1. The van der Waals surface area contributed by atoms with E-state index in [1.807, 2.05) is 26.8 Å². The van der Waals surface area contributed by atoms with Crippen molar-refractivity contribution in [3.8, 4) is 0 Å². The Morgan fingerprint density at radius 3 is 2.65 bits per heavy atom. The molecule has 150 valence electrons. The van der Waals surface area contributed by atoms with Crippen LogP contribution in [0.25, 0.3) is 0 Å². The van der Waals surface area contributed by atoms with Crippen LogP contribution in [0.15, 0.2) is 12.2 Å². The summed E-state index contributed by atoms with van der Waals surface area (Å²) in [6.45, 7) is 10.2. The molecule has 0 aromatic carbocycles. The van der Waals surface area contributed by atoms with Gasteiger partial charge in [-0.25, -0.2) is 0 Å². The maximum atomic E-state index is 12.5. The second-order valence-corrected chi connectivity index (χ2v) is 7.37. The van der Waals surface area contributed by atoms with Crippen LogP contribution in [-0.2, 0) is 19.1 Å². The molecule has 26 heavy (non-hydrogen) atoms. The Kier molecular flexibility index (Phi) is 10.5. The number of rotatable bonds is 11.